The van der Waals surface area contributed by atoms with Gasteiger partial charge in [-0.25, -0.2) is 21.6 Å². The molecule has 0 aliphatic rings. The Hall–Kier alpha value is -3.08. The Balaban J connectivity index is 2.20. The van der Waals surface area contributed by atoms with Crippen LogP contribution in [0, 0.1) is 17.5 Å². The van der Waals surface area contributed by atoms with Crippen molar-refractivity contribution in [2.75, 3.05) is 17.1 Å². The van der Waals surface area contributed by atoms with Crippen LogP contribution in [0.4, 0.5) is 18.9 Å². The summed E-state index contributed by atoms with van der Waals surface area (Å²) in [6.45, 7) is 4.73. The first kappa shape index (κ1) is 28.2. The number of hydrogen-bond donors (Lipinski definition) is 1. The van der Waals surface area contributed by atoms with Gasteiger partial charge in [0.15, 0.2) is 11.6 Å². The van der Waals surface area contributed by atoms with E-state index in [1.54, 1.807) is 19.9 Å². The molecule has 7 nitrogen and oxygen atoms in total. The monoisotopic (exact) mass is 513 g/mol. The van der Waals surface area contributed by atoms with Gasteiger partial charge in [0.1, 0.15) is 11.9 Å². The summed E-state index contributed by atoms with van der Waals surface area (Å²) < 4.78 is 66.5. The molecule has 11 heteroatoms. The van der Waals surface area contributed by atoms with Crippen LogP contribution < -0.4 is 9.62 Å². The Labute approximate surface area is 204 Å². The third-order valence-corrected chi connectivity index (χ3v) is 6.43. The lowest BCUT2D eigenvalue weighted by atomic mass is 10.1. The normalized spacial score (nSPS) is 12.3. The molecule has 192 valence electrons. The predicted octanol–water partition coefficient (Wildman–Crippen LogP) is 3.59. The molecule has 0 aliphatic carbocycles. The lowest BCUT2D eigenvalue weighted by Crippen LogP contribution is -2.49. The first-order valence-electron chi connectivity index (χ1n) is 11.1. The number of benzene rings is 2. The Bertz CT molecular complexity index is 1160. The fourth-order valence-electron chi connectivity index (χ4n) is 3.44. The summed E-state index contributed by atoms with van der Waals surface area (Å²) in [5.41, 5.74) is 0.149. The van der Waals surface area contributed by atoms with Gasteiger partial charge in [0.2, 0.25) is 21.8 Å². The molecule has 0 unspecified atom stereocenters. The van der Waals surface area contributed by atoms with Gasteiger partial charge in [0.05, 0.1) is 11.9 Å². The van der Waals surface area contributed by atoms with Crippen LogP contribution >= 0.6 is 0 Å². The van der Waals surface area contributed by atoms with Crippen molar-refractivity contribution in [3.8, 4) is 0 Å². The molecule has 35 heavy (non-hydrogen) atoms. The van der Waals surface area contributed by atoms with Crippen molar-refractivity contribution in [1.82, 2.24) is 10.2 Å². The number of carbonyl (C=O) groups is 2. The number of carbonyl (C=O) groups excluding carboxylic acids is 2. The second-order valence-electron chi connectivity index (χ2n) is 8.49. The maximum atomic E-state index is 14.3. The van der Waals surface area contributed by atoms with Crippen molar-refractivity contribution >= 4 is 27.5 Å². The number of nitrogens with one attached hydrogen (secondary N) is 1. The molecule has 0 heterocycles. The summed E-state index contributed by atoms with van der Waals surface area (Å²) in [7, 11) is -3.86. The zero-order chi connectivity index (χ0) is 26.3. The van der Waals surface area contributed by atoms with E-state index in [4.69, 9.17) is 0 Å². The first-order chi connectivity index (χ1) is 16.3. The number of halogens is 3. The van der Waals surface area contributed by atoms with E-state index in [-0.39, 0.29) is 43.2 Å². The molecular formula is C24H30F3N3O4S. The lowest BCUT2D eigenvalue weighted by molar-refractivity contribution is -0.140. The second kappa shape index (κ2) is 12.1. The fraction of sp³-hybridized carbons (Fsp3) is 0.417. The van der Waals surface area contributed by atoms with Gasteiger partial charge < -0.3 is 10.2 Å². The van der Waals surface area contributed by atoms with E-state index in [1.165, 1.54) is 30.0 Å². The van der Waals surface area contributed by atoms with Gasteiger partial charge in [-0.15, -0.1) is 0 Å². The summed E-state index contributed by atoms with van der Waals surface area (Å²) in [5.74, 6) is -3.74. The minimum absolute atomic E-state index is 0.0250. The van der Waals surface area contributed by atoms with Crippen molar-refractivity contribution < 1.29 is 31.2 Å². The average molecular weight is 514 g/mol. The van der Waals surface area contributed by atoms with Gasteiger partial charge in [-0.2, -0.15) is 0 Å². The van der Waals surface area contributed by atoms with Gasteiger partial charge in [-0.3, -0.25) is 13.9 Å². The molecule has 2 aromatic rings. The molecule has 0 saturated heterocycles. The van der Waals surface area contributed by atoms with Gasteiger partial charge in [-0.1, -0.05) is 18.2 Å². The second-order valence-corrected chi connectivity index (χ2v) is 10.4. The zero-order valence-corrected chi connectivity index (χ0v) is 20.9. The van der Waals surface area contributed by atoms with Crippen LogP contribution in [-0.4, -0.2) is 50.0 Å². The van der Waals surface area contributed by atoms with Crippen molar-refractivity contribution in [3.63, 3.8) is 0 Å². The molecule has 0 fully saturated rings. The lowest BCUT2D eigenvalue weighted by Gasteiger charge is -2.30. The summed E-state index contributed by atoms with van der Waals surface area (Å²) in [4.78, 5) is 26.9. The van der Waals surface area contributed by atoms with E-state index in [2.05, 4.69) is 5.32 Å². The molecule has 0 spiro atoms. The third-order valence-electron chi connectivity index (χ3n) is 5.24. The number of anilines is 1. The summed E-state index contributed by atoms with van der Waals surface area (Å²) in [5, 5.41) is 2.72. The maximum Gasteiger partial charge on any atom is 0.242 e. The van der Waals surface area contributed by atoms with Crippen LogP contribution in [0.25, 0.3) is 0 Å². The molecule has 0 aliphatic heterocycles. The van der Waals surface area contributed by atoms with Crippen molar-refractivity contribution in [2.24, 2.45) is 0 Å². The van der Waals surface area contributed by atoms with Gasteiger partial charge >= 0.3 is 0 Å². The maximum absolute atomic E-state index is 14.3. The quantitative estimate of drug-likeness (QED) is 0.498. The summed E-state index contributed by atoms with van der Waals surface area (Å²) in [6, 6.07) is 7.52. The Kier molecular flexibility index (Phi) is 9.70. The molecule has 0 aromatic heterocycles. The van der Waals surface area contributed by atoms with E-state index in [1.807, 2.05) is 0 Å². The smallest absolute Gasteiger partial charge is 0.242 e. The fourth-order valence-corrected chi connectivity index (χ4v) is 4.40. The number of nitrogens with zero attached hydrogens (tertiary/aromatic N) is 2. The topological polar surface area (TPSA) is 86.8 Å². The standard InChI is InChI=1S/C24H30F3N3O4S/c1-16(2)28-24(32)17(3)29(15-18-8-5-6-9-20(18)25)23(31)10-7-13-30(35(4,33)34)19-11-12-21(26)22(27)14-19/h5-6,8-9,11-12,14,16-17H,7,10,13,15H2,1-4H3,(H,28,32)/t17-/m1/s1. The van der Waals surface area contributed by atoms with Crippen molar-refractivity contribution in [3.05, 3.63) is 65.5 Å². The molecule has 2 aromatic carbocycles. The Morgan fingerprint density at radius 2 is 1.63 bits per heavy atom. The number of rotatable bonds is 11. The van der Waals surface area contributed by atoms with Crippen LogP contribution in [0.5, 0.6) is 0 Å². The van der Waals surface area contributed by atoms with E-state index in [9.17, 15) is 31.2 Å². The molecule has 0 radical (unpaired) electrons. The molecule has 1 N–H and O–H groups in total. The van der Waals surface area contributed by atoms with E-state index in [0.29, 0.717) is 0 Å². The van der Waals surface area contributed by atoms with Crippen LogP contribution in [0.1, 0.15) is 39.2 Å². The molecule has 0 bridgehead atoms. The zero-order valence-electron chi connectivity index (χ0n) is 20.1. The number of hydrogen-bond acceptors (Lipinski definition) is 4. The predicted molar refractivity (Wildman–Crippen MR) is 127 cm³/mol. The van der Waals surface area contributed by atoms with Gasteiger partial charge in [-0.05, 0) is 45.4 Å². The number of amides is 2. The van der Waals surface area contributed by atoms with Crippen LogP contribution in [0.2, 0.25) is 0 Å². The minimum Gasteiger partial charge on any atom is -0.352 e. The minimum atomic E-state index is -3.86. The molecule has 2 rings (SSSR count). The van der Waals surface area contributed by atoms with Crippen LogP contribution in [0.3, 0.4) is 0 Å². The van der Waals surface area contributed by atoms with Gasteiger partial charge in [0, 0.05) is 37.2 Å². The molecular weight excluding hydrogens is 483 g/mol. The third kappa shape index (κ3) is 7.98. The Morgan fingerprint density at radius 3 is 2.20 bits per heavy atom. The van der Waals surface area contributed by atoms with Crippen molar-refractivity contribution in [1.29, 1.82) is 0 Å². The highest BCUT2D eigenvalue weighted by atomic mass is 32.2. The first-order valence-corrected chi connectivity index (χ1v) is 12.9. The SMILES string of the molecule is CC(C)NC(=O)[C@@H](C)N(Cc1ccccc1F)C(=O)CCCN(c1ccc(F)c(F)c1)S(C)(=O)=O. The average Bonchev–Trinajstić information content (AvgIpc) is 2.76. The van der Waals surface area contributed by atoms with E-state index in [0.717, 1.165) is 28.8 Å². The highest BCUT2D eigenvalue weighted by molar-refractivity contribution is 7.92. The van der Waals surface area contributed by atoms with E-state index >= 15 is 0 Å². The Morgan fingerprint density at radius 1 is 0.971 bits per heavy atom. The highest BCUT2D eigenvalue weighted by Gasteiger charge is 2.27. The van der Waals surface area contributed by atoms with Crippen LogP contribution in [0.15, 0.2) is 42.5 Å². The summed E-state index contributed by atoms with van der Waals surface area (Å²) in [6.07, 6.45) is 0.777. The summed E-state index contributed by atoms with van der Waals surface area (Å²) >= 11 is 0. The highest BCUT2D eigenvalue weighted by Crippen LogP contribution is 2.22. The largest absolute Gasteiger partial charge is 0.352 e. The van der Waals surface area contributed by atoms with Gasteiger partial charge in [0.25, 0.3) is 0 Å². The van der Waals surface area contributed by atoms with Crippen molar-refractivity contribution in [2.45, 2.75) is 52.2 Å². The molecule has 2 amide bonds. The van der Waals surface area contributed by atoms with E-state index < -0.39 is 45.3 Å². The van der Waals surface area contributed by atoms with Crippen LogP contribution in [-0.2, 0) is 26.2 Å². The molecule has 1 atom stereocenters. The number of sulfonamides is 1. The molecule has 0 saturated carbocycles.